The molecule has 0 atom stereocenters. The van der Waals surface area contributed by atoms with Crippen LogP contribution in [0.4, 0.5) is 0 Å². The summed E-state index contributed by atoms with van der Waals surface area (Å²) in [6.07, 6.45) is 1.02. The molecule has 0 bridgehead atoms. The predicted octanol–water partition coefficient (Wildman–Crippen LogP) is 3.63. The van der Waals surface area contributed by atoms with Gasteiger partial charge in [-0.1, -0.05) is 13.8 Å². The van der Waals surface area contributed by atoms with Crippen LogP contribution in [0.2, 0.25) is 0 Å². The molecule has 0 fully saturated rings. The van der Waals surface area contributed by atoms with Gasteiger partial charge < -0.3 is 0 Å². The number of aryl methyl sites for hydroxylation is 1. The molecular formula is C10H14OS2. The Morgan fingerprint density at radius 1 is 1.54 bits per heavy atom. The van der Waals surface area contributed by atoms with Crippen LogP contribution in [0.25, 0.3) is 0 Å². The monoisotopic (exact) mass is 214 g/mol. The minimum atomic E-state index is 0.187. The van der Waals surface area contributed by atoms with Gasteiger partial charge >= 0.3 is 0 Å². The molecule has 0 aliphatic rings. The molecule has 0 spiro atoms. The third kappa shape index (κ3) is 2.58. The third-order valence-corrected chi connectivity index (χ3v) is 4.20. The molecule has 1 rings (SSSR count). The van der Waals surface area contributed by atoms with Crippen LogP contribution in [-0.2, 0) is 6.42 Å². The zero-order valence-electron chi connectivity index (χ0n) is 8.22. The molecule has 72 valence electrons. The molecule has 0 saturated heterocycles. The number of thioether (sulfide) groups is 1. The number of carbonyl (C=O) groups excluding carboxylic acids is 1. The van der Waals surface area contributed by atoms with Crippen molar-refractivity contribution in [2.75, 3.05) is 5.75 Å². The van der Waals surface area contributed by atoms with Gasteiger partial charge in [0, 0.05) is 10.4 Å². The van der Waals surface area contributed by atoms with Gasteiger partial charge in [0.2, 0.25) is 0 Å². The Balaban J connectivity index is 3.00. The fourth-order valence-electron chi connectivity index (χ4n) is 1.08. The molecule has 1 aromatic rings. The average Bonchev–Trinajstić information content (AvgIpc) is 2.48. The van der Waals surface area contributed by atoms with Crippen LogP contribution in [0, 0.1) is 0 Å². The zero-order valence-corrected chi connectivity index (χ0v) is 9.85. The van der Waals surface area contributed by atoms with Crippen molar-refractivity contribution in [3.63, 3.8) is 0 Å². The van der Waals surface area contributed by atoms with Crippen LogP contribution >= 0.6 is 23.1 Å². The molecule has 0 aromatic carbocycles. The quantitative estimate of drug-likeness (QED) is 0.562. The number of rotatable bonds is 4. The minimum Gasteiger partial charge on any atom is -0.294 e. The lowest BCUT2D eigenvalue weighted by molar-refractivity contribution is 0.101. The molecule has 0 saturated carbocycles. The van der Waals surface area contributed by atoms with Crippen molar-refractivity contribution >= 4 is 28.9 Å². The number of hydrogen-bond acceptors (Lipinski definition) is 3. The smallest absolute Gasteiger partial charge is 0.161 e. The van der Waals surface area contributed by atoms with E-state index in [1.165, 1.54) is 9.09 Å². The van der Waals surface area contributed by atoms with Gasteiger partial charge in [0.15, 0.2) is 5.78 Å². The van der Waals surface area contributed by atoms with Gasteiger partial charge in [-0.05, 0) is 25.2 Å². The van der Waals surface area contributed by atoms with Crippen molar-refractivity contribution in [2.24, 2.45) is 0 Å². The van der Waals surface area contributed by atoms with E-state index in [9.17, 15) is 4.79 Å². The minimum absolute atomic E-state index is 0.187. The van der Waals surface area contributed by atoms with E-state index in [4.69, 9.17) is 0 Å². The number of thiophene rings is 1. The third-order valence-electron chi connectivity index (χ3n) is 1.75. The summed E-state index contributed by atoms with van der Waals surface area (Å²) in [5.41, 5.74) is 0.911. The second-order valence-electron chi connectivity index (χ2n) is 2.76. The van der Waals surface area contributed by atoms with Gasteiger partial charge in [-0.2, -0.15) is 0 Å². The van der Waals surface area contributed by atoms with Crippen LogP contribution < -0.4 is 0 Å². The second kappa shape index (κ2) is 4.82. The molecule has 0 unspecified atom stereocenters. The first-order chi connectivity index (χ1) is 6.19. The Morgan fingerprint density at radius 2 is 2.23 bits per heavy atom. The molecule has 0 amide bonds. The molecular weight excluding hydrogens is 200 g/mol. The van der Waals surface area contributed by atoms with Gasteiger partial charge in [0.1, 0.15) is 0 Å². The maximum Gasteiger partial charge on any atom is 0.161 e. The molecule has 0 aliphatic heterocycles. The van der Waals surface area contributed by atoms with E-state index in [2.05, 4.69) is 13.8 Å². The summed E-state index contributed by atoms with van der Waals surface area (Å²) in [4.78, 5) is 12.6. The molecule has 13 heavy (non-hydrogen) atoms. The van der Waals surface area contributed by atoms with Crippen LogP contribution in [0.3, 0.4) is 0 Å². The fourth-order valence-corrected chi connectivity index (χ4v) is 3.48. The highest BCUT2D eigenvalue weighted by Crippen LogP contribution is 2.32. The lowest BCUT2D eigenvalue weighted by Gasteiger charge is -1.95. The largest absolute Gasteiger partial charge is 0.294 e. The van der Waals surface area contributed by atoms with E-state index in [1.807, 2.05) is 6.07 Å². The normalized spacial score (nSPS) is 10.4. The fraction of sp³-hybridized carbons (Fsp3) is 0.500. The molecule has 1 nitrogen and oxygen atoms in total. The van der Waals surface area contributed by atoms with E-state index in [-0.39, 0.29) is 5.78 Å². The summed E-state index contributed by atoms with van der Waals surface area (Å²) < 4.78 is 1.19. The molecule has 0 N–H and O–H groups in total. The highest BCUT2D eigenvalue weighted by atomic mass is 32.2. The molecule has 1 aromatic heterocycles. The van der Waals surface area contributed by atoms with Gasteiger partial charge in [-0.25, -0.2) is 0 Å². The molecule has 3 heteroatoms. The molecule has 0 radical (unpaired) electrons. The number of carbonyl (C=O) groups is 1. The standard InChI is InChI=1S/C10H14OS2/c1-4-8-6-9(7(3)11)10(13-8)12-5-2/h6H,4-5H2,1-3H3. The number of ketones is 1. The van der Waals surface area contributed by atoms with Crippen molar-refractivity contribution in [3.05, 3.63) is 16.5 Å². The highest BCUT2D eigenvalue weighted by Gasteiger charge is 2.11. The predicted molar refractivity (Wildman–Crippen MR) is 60.1 cm³/mol. The summed E-state index contributed by atoms with van der Waals surface area (Å²) >= 11 is 3.52. The maximum absolute atomic E-state index is 11.3. The Labute approximate surface area is 87.5 Å². The highest BCUT2D eigenvalue weighted by molar-refractivity contribution is 8.01. The SMILES string of the molecule is CCSc1sc(CC)cc1C(C)=O. The van der Waals surface area contributed by atoms with Crippen molar-refractivity contribution in [2.45, 2.75) is 31.4 Å². The lowest BCUT2D eigenvalue weighted by atomic mass is 10.2. The van der Waals surface area contributed by atoms with E-state index in [0.717, 1.165) is 17.7 Å². The van der Waals surface area contributed by atoms with E-state index in [0.29, 0.717) is 0 Å². The summed E-state index contributed by atoms with van der Waals surface area (Å²) in [7, 11) is 0. The Bertz CT molecular complexity index is 302. The van der Waals surface area contributed by atoms with E-state index in [1.54, 1.807) is 30.0 Å². The number of Topliss-reactive ketones (excluding diaryl/α,β-unsaturated/α-hetero) is 1. The Kier molecular flexibility index (Phi) is 4.00. The van der Waals surface area contributed by atoms with Crippen molar-refractivity contribution in [3.8, 4) is 0 Å². The first kappa shape index (κ1) is 10.8. The maximum atomic E-state index is 11.3. The lowest BCUT2D eigenvalue weighted by Crippen LogP contribution is -1.90. The Hall–Kier alpha value is -0.280. The van der Waals surface area contributed by atoms with E-state index >= 15 is 0 Å². The van der Waals surface area contributed by atoms with Crippen LogP contribution in [-0.4, -0.2) is 11.5 Å². The molecule has 0 aliphatic carbocycles. The summed E-state index contributed by atoms with van der Waals surface area (Å²) in [5, 5.41) is 0. The topological polar surface area (TPSA) is 17.1 Å². The van der Waals surface area contributed by atoms with Crippen molar-refractivity contribution in [1.29, 1.82) is 0 Å². The van der Waals surface area contributed by atoms with Gasteiger partial charge in [-0.3, -0.25) is 4.79 Å². The summed E-state index contributed by atoms with van der Waals surface area (Å²) in [5.74, 6) is 1.22. The van der Waals surface area contributed by atoms with Crippen LogP contribution in [0.5, 0.6) is 0 Å². The molecule has 1 heterocycles. The second-order valence-corrected chi connectivity index (χ2v) is 5.43. The van der Waals surface area contributed by atoms with Crippen molar-refractivity contribution < 1.29 is 4.79 Å². The average molecular weight is 214 g/mol. The first-order valence-electron chi connectivity index (χ1n) is 4.45. The first-order valence-corrected chi connectivity index (χ1v) is 6.25. The summed E-state index contributed by atoms with van der Waals surface area (Å²) in [6, 6.07) is 2.03. The van der Waals surface area contributed by atoms with Crippen LogP contribution in [0.1, 0.15) is 36.0 Å². The number of hydrogen-bond donors (Lipinski definition) is 0. The van der Waals surface area contributed by atoms with Gasteiger partial charge in [-0.15, -0.1) is 23.1 Å². The van der Waals surface area contributed by atoms with E-state index < -0.39 is 0 Å². The Morgan fingerprint density at radius 3 is 2.69 bits per heavy atom. The summed E-state index contributed by atoms with van der Waals surface area (Å²) in [6.45, 7) is 5.87. The van der Waals surface area contributed by atoms with Gasteiger partial charge in [0.25, 0.3) is 0 Å². The zero-order chi connectivity index (χ0) is 9.84. The van der Waals surface area contributed by atoms with Gasteiger partial charge in [0.05, 0.1) is 4.21 Å². The van der Waals surface area contributed by atoms with Crippen molar-refractivity contribution in [1.82, 2.24) is 0 Å². The van der Waals surface area contributed by atoms with Crippen LogP contribution in [0.15, 0.2) is 10.3 Å².